The first-order valence-electron chi connectivity index (χ1n) is 9.99. The number of pyridine rings is 1. The van der Waals surface area contributed by atoms with Crippen molar-refractivity contribution < 1.29 is 13.2 Å². The minimum atomic E-state index is -3.26. The van der Waals surface area contributed by atoms with Gasteiger partial charge in [0.25, 0.3) is 0 Å². The highest BCUT2D eigenvalue weighted by Gasteiger charge is 2.31. The molecule has 2 fully saturated rings. The van der Waals surface area contributed by atoms with E-state index in [-0.39, 0.29) is 24.1 Å². The van der Waals surface area contributed by atoms with E-state index in [0.29, 0.717) is 31.5 Å². The van der Waals surface area contributed by atoms with Crippen LogP contribution in [-0.4, -0.2) is 55.5 Å². The van der Waals surface area contributed by atoms with Gasteiger partial charge < -0.3 is 10.2 Å². The molecule has 27 heavy (non-hydrogen) atoms. The zero-order valence-electron chi connectivity index (χ0n) is 16.1. The molecule has 1 amide bonds. The van der Waals surface area contributed by atoms with Crippen molar-refractivity contribution in [1.29, 1.82) is 0 Å². The van der Waals surface area contributed by atoms with Gasteiger partial charge in [-0.05, 0) is 50.7 Å². The van der Waals surface area contributed by atoms with Crippen LogP contribution in [0, 0.1) is 5.92 Å². The molecule has 1 atom stereocenters. The third-order valence-electron chi connectivity index (χ3n) is 5.31. The average Bonchev–Trinajstić information content (AvgIpc) is 2.69. The van der Waals surface area contributed by atoms with Crippen LogP contribution < -0.4 is 10.2 Å². The van der Waals surface area contributed by atoms with E-state index in [1.54, 1.807) is 6.20 Å². The molecule has 8 heteroatoms. The predicted molar refractivity (Wildman–Crippen MR) is 107 cm³/mol. The lowest BCUT2D eigenvalue weighted by Crippen LogP contribution is -2.44. The first kappa shape index (κ1) is 20.1. The highest BCUT2D eigenvalue weighted by Crippen LogP contribution is 2.23. The molecule has 0 aromatic carbocycles. The van der Waals surface area contributed by atoms with Gasteiger partial charge in [0.2, 0.25) is 15.9 Å². The van der Waals surface area contributed by atoms with E-state index in [9.17, 15) is 13.2 Å². The van der Waals surface area contributed by atoms with E-state index in [2.05, 4.69) is 15.2 Å². The summed E-state index contributed by atoms with van der Waals surface area (Å²) < 4.78 is 26.0. The fraction of sp³-hybridized carbons (Fsp3) is 0.684. The molecule has 2 aliphatic rings. The van der Waals surface area contributed by atoms with E-state index in [1.807, 2.05) is 19.1 Å². The molecule has 3 rings (SSSR count). The number of hydrogen-bond acceptors (Lipinski definition) is 5. The van der Waals surface area contributed by atoms with Crippen LogP contribution in [0.5, 0.6) is 0 Å². The first-order valence-corrected chi connectivity index (χ1v) is 11.6. The summed E-state index contributed by atoms with van der Waals surface area (Å²) in [6.45, 7) is 4.70. The van der Waals surface area contributed by atoms with Crippen molar-refractivity contribution in [2.45, 2.75) is 45.4 Å². The van der Waals surface area contributed by atoms with Gasteiger partial charge in [-0.3, -0.25) is 4.79 Å². The van der Waals surface area contributed by atoms with Crippen LogP contribution in [0.3, 0.4) is 0 Å². The molecule has 7 nitrogen and oxygen atoms in total. The monoisotopic (exact) mass is 394 g/mol. The van der Waals surface area contributed by atoms with Crippen molar-refractivity contribution in [3.05, 3.63) is 18.3 Å². The Morgan fingerprint density at radius 2 is 1.96 bits per heavy atom. The van der Waals surface area contributed by atoms with E-state index >= 15 is 0 Å². The summed E-state index contributed by atoms with van der Waals surface area (Å²) >= 11 is 0. The number of hydrogen-bond donors (Lipinski definition) is 1. The number of sulfonamides is 1. The maximum absolute atomic E-state index is 12.6. The number of rotatable bonds is 6. The van der Waals surface area contributed by atoms with E-state index < -0.39 is 10.0 Å². The van der Waals surface area contributed by atoms with Crippen LogP contribution in [0.2, 0.25) is 0 Å². The highest BCUT2D eigenvalue weighted by molar-refractivity contribution is 7.89. The van der Waals surface area contributed by atoms with Gasteiger partial charge in [-0.1, -0.05) is 6.92 Å². The molecule has 150 valence electrons. The molecule has 2 saturated heterocycles. The van der Waals surface area contributed by atoms with Crippen LogP contribution in [0.25, 0.3) is 0 Å². The first-order chi connectivity index (χ1) is 13.0. The molecule has 2 aliphatic heterocycles. The smallest absolute Gasteiger partial charge is 0.228 e. The van der Waals surface area contributed by atoms with Crippen molar-refractivity contribution in [1.82, 2.24) is 9.29 Å². The zero-order valence-corrected chi connectivity index (χ0v) is 16.9. The summed E-state index contributed by atoms with van der Waals surface area (Å²) in [4.78, 5) is 19.4. The summed E-state index contributed by atoms with van der Waals surface area (Å²) in [6, 6.07) is 3.82. The van der Waals surface area contributed by atoms with Gasteiger partial charge in [0.15, 0.2) is 0 Å². The molecular weight excluding hydrogens is 364 g/mol. The number of piperidine rings is 2. The summed E-state index contributed by atoms with van der Waals surface area (Å²) in [5.74, 6) is 0.650. The number of nitrogens with one attached hydrogen (secondary N) is 1. The number of carbonyl (C=O) groups excluding carboxylic acids is 1. The van der Waals surface area contributed by atoms with Crippen molar-refractivity contribution in [3.8, 4) is 0 Å². The molecule has 1 aromatic rings. The molecule has 0 bridgehead atoms. The number of carbonyl (C=O) groups is 1. The normalized spacial score (nSPS) is 21.8. The maximum atomic E-state index is 12.6. The van der Waals surface area contributed by atoms with E-state index in [4.69, 9.17) is 0 Å². The van der Waals surface area contributed by atoms with Crippen LogP contribution >= 0.6 is 0 Å². The van der Waals surface area contributed by atoms with Gasteiger partial charge in [0, 0.05) is 26.2 Å². The van der Waals surface area contributed by atoms with Gasteiger partial charge in [-0.15, -0.1) is 0 Å². The Hall–Kier alpha value is -1.67. The van der Waals surface area contributed by atoms with Crippen molar-refractivity contribution in [3.63, 3.8) is 0 Å². The number of nitrogens with zero attached hydrogens (tertiary/aromatic N) is 3. The second-order valence-corrected chi connectivity index (χ2v) is 9.54. The zero-order chi connectivity index (χ0) is 19.3. The molecule has 1 N–H and O–H groups in total. The van der Waals surface area contributed by atoms with Gasteiger partial charge >= 0.3 is 0 Å². The fourth-order valence-electron chi connectivity index (χ4n) is 3.81. The van der Waals surface area contributed by atoms with Crippen molar-refractivity contribution in [2.75, 3.05) is 42.1 Å². The Bertz CT molecular complexity index is 730. The molecule has 0 radical (unpaired) electrons. The minimum Gasteiger partial charge on any atom is -0.357 e. The maximum Gasteiger partial charge on any atom is 0.228 e. The number of anilines is 2. The van der Waals surface area contributed by atoms with Crippen LogP contribution in [0.4, 0.5) is 11.5 Å². The molecule has 0 spiro atoms. The predicted octanol–water partition coefficient (Wildman–Crippen LogP) is 2.46. The third kappa shape index (κ3) is 5.19. The molecule has 0 saturated carbocycles. The van der Waals surface area contributed by atoms with Crippen LogP contribution in [0.1, 0.15) is 45.4 Å². The summed E-state index contributed by atoms with van der Waals surface area (Å²) in [5.41, 5.74) is 0.661. The second-order valence-electron chi connectivity index (χ2n) is 7.46. The van der Waals surface area contributed by atoms with Gasteiger partial charge in [0.1, 0.15) is 5.82 Å². The number of aromatic nitrogens is 1. The largest absolute Gasteiger partial charge is 0.357 e. The van der Waals surface area contributed by atoms with Gasteiger partial charge in [-0.25, -0.2) is 17.7 Å². The summed E-state index contributed by atoms with van der Waals surface area (Å²) in [7, 11) is -3.26. The van der Waals surface area contributed by atoms with E-state index in [0.717, 1.165) is 18.9 Å². The Kier molecular flexibility index (Phi) is 6.70. The second kappa shape index (κ2) is 9.01. The SMILES string of the molecule is CCCS(=O)(=O)N1CCCC(C(=O)Nc2ccc(N3CCCCC3)nc2)C1. The van der Waals surface area contributed by atoms with Crippen LogP contribution in [0.15, 0.2) is 18.3 Å². The topological polar surface area (TPSA) is 82.6 Å². The Morgan fingerprint density at radius 3 is 2.63 bits per heavy atom. The van der Waals surface area contributed by atoms with Gasteiger partial charge in [-0.2, -0.15) is 0 Å². The Labute approximate surface area is 162 Å². The third-order valence-corrected chi connectivity index (χ3v) is 7.35. The fourth-order valence-corrected chi connectivity index (χ4v) is 5.40. The van der Waals surface area contributed by atoms with Gasteiger partial charge in [0.05, 0.1) is 23.6 Å². The lowest BCUT2D eigenvalue weighted by molar-refractivity contribution is -0.120. The standard InChI is InChI=1S/C19H30N4O3S/c1-2-13-27(25,26)23-12-6-7-16(15-23)19(24)21-17-8-9-18(20-14-17)22-10-4-3-5-11-22/h8-9,14,16H,2-7,10-13,15H2,1H3,(H,21,24). The lowest BCUT2D eigenvalue weighted by Gasteiger charge is -2.31. The summed E-state index contributed by atoms with van der Waals surface area (Å²) in [6.07, 6.45) is 7.37. The van der Waals surface area contributed by atoms with Crippen molar-refractivity contribution in [2.24, 2.45) is 5.92 Å². The lowest BCUT2D eigenvalue weighted by atomic mass is 9.99. The Balaban J connectivity index is 1.58. The van der Waals surface area contributed by atoms with Crippen molar-refractivity contribution >= 4 is 27.4 Å². The average molecular weight is 395 g/mol. The summed E-state index contributed by atoms with van der Waals surface area (Å²) in [5, 5.41) is 2.90. The highest BCUT2D eigenvalue weighted by atomic mass is 32.2. The Morgan fingerprint density at radius 1 is 1.19 bits per heavy atom. The molecular formula is C19H30N4O3S. The minimum absolute atomic E-state index is 0.126. The van der Waals surface area contributed by atoms with Crippen LogP contribution in [-0.2, 0) is 14.8 Å². The molecule has 0 aliphatic carbocycles. The quantitative estimate of drug-likeness (QED) is 0.801. The molecule has 1 aromatic heterocycles. The number of amides is 1. The molecule has 3 heterocycles. The molecule has 1 unspecified atom stereocenters. The van der Waals surface area contributed by atoms with E-state index in [1.165, 1.54) is 23.6 Å².